The molecule has 1 aliphatic carbocycles. The molecule has 2 N–H and O–H groups in total. The zero-order valence-electron chi connectivity index (χ0n) is 12.5. The molecular formula is C16H26N2O. The Kier molecular flexibility index (Phi) is 4.04. The van der Waals surface area contributed by atoms with Crippen LogP contribution in [-0.2, 0) is 0 Å². The average molecular weight is 262 g/mol. The molecule has 2 rings (SSSR count). The molecule has 1 aromatic rings. The Morgan fingerprint density at radius 1 is 1.32 bits per heavy atom. The van der Waals surface area contributed by atoms with Crippen LogP contribution in [0.5, 0.6) is 5.75 Å². The van der Waals surface area contributed by atoms with Crippen LogP contribution in [0, 0.1) is 5.41 Å². The summed E-state index contributed by atoms with van der Waals surface area (Å²) in [7, 11) is 4.07. The Hall–Kier alpha value is -1.22. The fourth-order valence-electron chi connectivity index (χ4n) is 2.75. The molecule has 19 heavy (non-hydrogen) atoms. The molecule has 2 atom stereocenters. The SMILES string of the molecule is CN(C)c1cccc(OC2CCCC(C)(C)C2N)c1. The third kappa shape index (κ3) is 3.21. The Labute approximate surface area is 116 Å². The zero-order valence-corrected chi connectivity index (χ0v) is 12.5. The predicted octanol–water partition coefficient (Wildman–Crippen LogP) is 3.04. The molecular weight excluding hydrogens is 236 g/mol. The van der Waals surface area contributed by atoms with E-state index in [1.54, 1.807) is 0 Å². The maximum atomic E-state index is 6.37. The van der Waals surface area contributed by atoms with Crippen LogP contribution in [0.1, 0.15) is 33.1 Å². The van der Waals surface area contributed by atoms with Crippen molar-refractivity contribution in [2.45, 2.75) is 45.3 Å². The number of hydrogen-bond acceptors (Lipinski definition) is 3. The van der Waals surface area contributed by atoms with Crippen molar-refractivity contribution >= 4 is 5.69 Å². The van der Waals surface area contributed by atoms with Gasteiger partial charge in [-0.3, -0.25) is 0 Å². The van der Waals surface area contributed by atoms with Crippen LogP contribution in [0.15, 0.2) is 24.3 Å². The summed E-state index contributed by atoms with van der Waals surface area (Å²) in [6.45, 7) is 4.48. The molecule has 1 aliphatic rings. The van der Waals surface area contributed by atoms with Gasteiger partial charge in [-0.1, -0.05) is 19.9 Å². The van der Waals surface area contributed by atoms with Crippen LogP contribution in [0.4, 0.5) is 5.69 Å². The van der Waals surface area contributed by atoms with Crippen LogP contribution >= 0.6 is 0 Å². The summed E-state index contributed by atoms with van der Waals surface area (Å²) in [5, 5.41) is 0. The van der Waals surface area contributed by atoms with Gasteiger partial charge in [0.25, 0.3) is 0 Å². The minimum atomic E-state index is 0.101. The molecule has 1 fully saturated rings. The van der Waals surface area contributed by atoms with Crippen molar-refractivity contribution in [3.63, 3.8) is 0 Å². The molecule has 2 unspecified atom stereocenters. The van der Waals surface area contributed by atoms with E-state index < -0.39 is 0 Å². The van der Waals surface area contributed by atoms with E-state index in [4.69, 9.17) is 10.5 Å². The van der Waals surface area contributed by atoms with Crippen LogP contribution in [-0.4, -0.2) is 26.2 Å². The van der Waals surface area contributed by atoms with Gasteiger partial charge in [0.2, 0.25) is 0 Å². The smallest absolute Gasteiger partial charge is 0.121 e. The first-order chi connectivity index (χ1) is 8.90. The Morgan fingerprint density at radius 2 is 2.05 bits per heavy atom. The lowest BCUT2D eigenvalue weighted by atomic mass is 9.72. The van der Waals surface area contributed by atoms with Crippen molar-refractivity contribution in [3.05, 3.63) is 24.3 Å². The molecule has 1 saturated carbocycles. The van der Waals surface area contributed by atoms with Crippen LogP contribution in [0.2, 0.25) is 0 Å². The quantitative estimate of drug-likeness (QED) is 0.910. The number of hydrogen-bond donors (Lipinski definition) is 1. The summed E-state index contributed by atoms with van der Waals surface area (Å²) in [5.41, 5.74) is 7.69. The van der Waals surface area contributed by atoms with E-state index in [1.165, 1.54) is 12.8 Å². The molecule has 3 nitrogen and oxygen atoms in total. The first kappa shape index (κ1) is 14.2. The number of rotatable bonds is 3. The van der Waals surface area contributed by atoms with E-state index >= 15 is 0 Å². The first-order valence-corrected chi connectivity index (χ1v) is 7.10. The minimum Gasteiger partial charge on any atom is -0.489 e. The highest BCUT2D eigenvalue weighted by Crippen LogP contribution is 2.36. The lowest BCUT2D eigenvalue weighted by Crippen LogP contribution is -2.51. The molecule has 3 heteroatoms. The molecule has 106 valence electrons. The number of benzene rings is 1. The maximum absolute atomic E-state index is 6.37. The van der Waals surface area contributed by atoms with Crippen molar-refractivity contribution in [2.75, 3.05) is 19.0 Å². The largest absolute Gasteiger partial charge is 0.489 e. The van der Waals surface area contributed by atoms with E-state index in [2.05, 4.69) is 30.9 Å². The van der Waals surface area contributed by atoms with Gasteiger partial charge >= 0.3 is 0 Å². The highest BCUT2D eigenvalue weighted by Gasteiger charge is 2.37. The fraction of sp³-hybridized carbons (Fsp3) is 0.625. The monoisotopic (exact) mass is 262 g/mol. The van der Waals surface area contributed by atoms with Gasteiger partial charge in [0.05, 0.1) is 0 Å². The lowest BCUT2D eigenvalue weighted by molar-refractivity contribution is 0.0568. The molecule has 0 aliphatic heterocycles. The zero-order chi connectivity index (χ0) is 14.0. The number of ether oxygens (including phenoxy) is 1. The van der Waals surface area contributed by atoms with E-state index in [1.807, 2.05) is 26.2 Å². The van der Waals surface area contributed by atoms with Crippen molar-refractivity contribution in [3.8, 4) is 5.75 Å². The highest BCUT2D eigenvalue weighted by atomic mass is 16.5. The Bertz CT molecular complexity index is 429. The molecule has 0 spiro atoms. The van der Waals surface area contributed by atoms with Crippen molar-refractivity contribution in [2.24, 2.45) is 11.1 Å². The van der Waals surface area contributed by atoms with Crippen molar-refractivity contribution < 1.29 is 4.74 Å². The van der Waals surface area contributed by atoms with Crippen LogP contribution in [0.25, 0.3) is 0 Å². The van der Waals surface area contributed by atoms with Gasteiger partial charge in [-0.2, -0.15) is 0 Å². The Morgan fingerprint density at radius 3 is 2.74 bits per heavy atom. The molecule has 0 bridgehead atoms. The summed E-state index contributed by atoms with van der Waals surface area (Å²) in [6.07, 6.45) is 3.56. The Balaban J connectivity index is 2.10. The molecule has 0 aromatic heterocycles. The number of nitrogens with two attached hydrogens (primary N) is 1. The topological polar surface area (TPSA) is 38.5 Å². The van der Waals surface area contributed by atoms with Crippen LogP contribution in [0.3, 0.4) is 0 Å². The van der Waals surface area contributed by atoms with E-state index in [0.29, 0.717) is 0 Å². The van der Waals surface area contributed by atoms with Gasteiger partial charge in [-0.05, 0) is 36.8 Å². The fourth-order valence-corrected chi connectivity index (χ4v) is 2.75. The second kappa shape index (κ2) is 5.41. The first-order valence-electron chi connectivity index (χ1n) is 7.10. The summed E-state index contributed by atoms with van der Waals surface area (Å²) >= 11 is 0. The van der Waals surface area contributed by atoms with E-state index in [9.17, 15) is 0 Å². The van der Waals surface area contributed by atoms with E-state index in [0.717, 1.165) is 17.9 Å². The highest BCUT2D eigenvalue weighted by molar-refractivity contribution is 5.49. The van der Waals surface area contributed by atoms with Gasteiger partial charge in [0.15, 0.2) is 0 Å². The molecule has 0 heterocycles. The predicted molar refractivity (Wildman–Crippen MR) is 80.8 cm³/mol. The normalized spacial score (nSPS) is 25.9. The molecule has 1 aromatic carbocycles. The van der Waals surface area contributed by atoms with E-state index in [-0.39, 0.29) is 17.6 Å². The minimum absolute atomic E-state index is 0.101. The standard InChI is InChI=1S/C16H26N2O/c1-16(2)10-6-9-14(15(16)17)19-13-8-5-7-12(11-13)18(3)4/h5,7-8,11,14-15H,6,9-10,17H2,1-4H3. The summed E-state index contributed by atoms with van der Waals surface area (Å²) in [6, 6.07) is 8.31. The van der Waals surface area contributed by atoms with Gasteiger partial charge < -0.3 is 15.4 Å². The van der Waals surface area contributed by atoms with Crippen molar-refractivity contribution in [1.29, 1.82) is 0 Å². The average Bonchev–Trinajstić information content (AvgIpc) is 2.35. The van der Waals surface area contributed by atoms with Gasteiger partial charge in [-0.25, -0.2) is 0 Å². The molecule has 0 amide bonds. The van der Waals surface area contributed by atoms with Gasteiger partial charge in [0, 0.05) is 31.9 Å². The van der Waals surface area contributed by atoms with Crippen LogP contribution < -0.4 is 15.4 Å². The summed E-state index contributed by atoms with van der Waals surface area (Å²) in [5.74, 6) is 0.921. The van der Waals surface area contributed by atoms with Gasteiger partial charge in [-0.15, -0.1) is 0 Å². The third-order valence-corrected chi connectivity index (χ3v) is 4.23. The second-order valence-electron chi connectivity index (χ2n) is 6.45. The third-order valence-electron chi connectivity index (χ3n) is 4.23. The summed E-state index contributed by atoms with van der Waals surface area (Å²) in [4.78, 5) is 2.08. The lowest BCUT2D eigenvalue weighted by Gasteiger charge is -2.41. The number of anilines is 1. The summed E-state index contributed by atoms with van der Waals surface area (Å²) < 4.78 is 6.14. The van der Waals surface area contributed by atoms with Gasteiger partial charge in [0.1, 0.15) is 11.9 Å². The second-order valence-corrected chi connectivity index (χ2v) is 6.45. The molecule has 0 saturated heterocycles. The maximum Gasteiger partial charge on any atom is 0.121 e. The van der Waals surface area contributed by atoms with Crippen molar-refractivity contribution in [1.82, 2.24) is 0 Å². The molecule has 0 radical (unpaired) electrons. The number of nitrogens with zero attached hydrogens (tertiary/aromatic N) is 1.